The molecule has 0 fully saturated rings. The first kappa shape index (κ1) is 9.77. The van der Waals surface area contributed by atoms with Crippen molar-refractivity contribution in [2.75, 3.05) is 0 Å². The van der Waals surface area contributed by atoms with Crippen molar-refractivity contribution in [3.63, 3.8) is 0 Å². The van der Waals surface area contributed by atoms with Gasteiger partial charge in [-0.05, 0) is 12.8 Å². The minimum absolute atomic E-state index is 0.00847. The number of carbonyl (C=O) groups is 1. The topological polar surface area (TPSA) is 65.7 Å². The standard InChI is InChI=1S/C9H14N2O2/c1-5(2)4-7(12)8-6(3)10-9(13)11-8/h5H,4H2,1-3H3,(H2,10,11,13). The first-order valence-corrected chi connectivity index (χ1v) is 4.32. The predicted octanol–water partition coefficient (Wildman–Crippen LogP) is 1.24. The lowest BCUT2D eigenvalue weighted by atomic mass is 10.0. The molecule has 0 saturated carbocycles. The summed E-state index contributed by atoms with van der Waals surface area (Å²) in [6, 6.07) is 0. The summed E-state index contributed by atoms with van der Waals surface area (Å²) in [7, 11) is 0. The van der Waals surface area contributed by atoms with Gasteiger partial charge in [0.25, 0.3) is 0 Å². The minimum atomic E-state index is -0.315. The van der Waals surface area contributed by atoms with Crippen LogP contribution in [0.1, 0.15) is 36.5 Å². The van der Waals surface area contributed by atoms with Crippen molar-refractivity contribution in [2.24, 2.45) is 5.92 Å². The van der Waals surface area contributed by atoms with Gasteiger partial charge in [0.15, 0.2) is 5.78 Å². The highest BCUT2D eigenvalue weighted by molar-refractivity contribution is 5.95. The van der Waals surface area contributed by atoms with Gasteiger partial charge in [0.2, 0.25) is 0 Å². The molecule has 0 spiro atoms. The molecule has 1 heterocycles. The van der Waals surface area contributed by atoms with Crippen LogP contribution in [0.2, 0.25) is 0 Å². The first-order chi connectivity index (χ1) is 6.00. The number of hydrogen-bond acceptors (Lipinski definition) is 2. The smallest absolute Gasteiger partial charge is 0.310 e. The number of rotatable bonds is 3. The monoisotopic (exact) mass is 182 g/mol. The van der Waals surface area contributed by atoms with Crippen LogP contribution in [0.4, 0.5) is 0 Å². The van der Waals surface area contributed by atoms with Crippen molar-refractivity contribution in [3.8, 4) is 0 Å². The SMILES string of the molecule is Cc1[nH]c(=O)[nH]c1C(=O)CC(C)C. The van der Waals surface area contributed by atoms with Crippen molar-refractivity contribution < 1.29 is 4.79 Å². The van der Waals surface area contributed by atoms with Crippen LogP contribution in [0.15, 0.2) is 4.79 Å². The lowest BCUT2D eigenvalue weighted by molar-refractivity contribution is 0.0962. The van der Waals surface area contributed by atoms with Crippen LogP contribution in [0, 0.1) is 12.8 Å². The Kier molecular flexibility index (Phi) is 2.70. The quantitative estimate of drug-likeness (QED) is 0.691. The highest BCUT2D eigenvalue weighted by Crippen LogP contribution is 2.08. The molecule has 0 radical (unpaired) electrons. The van der Waals surface area contributed by atoms with E-state index in [4.69, 9.17) is 0 Å². The number of aromatic nitrogens is 2. The summed E-state index contributed by atoms with van der Waals surface area (Å²) in [4.78, 5) is 27.4. The lowest BCUT2D eigenvalue weighted by Crippen LogP contribution is -2.07. The normalized spacial score (nSPS) is 10.8. The molecular weight excluding hydrogens is 168 g/mol. The second-order valence-corrected chi connectivity index (χ2v) is 3.60. The van der Waals surface area contributed by atoms with Gasteiger partial charge in [0.1, 0.15) is 5.69 Å². The fourth-order valence-electron chi connectivity index (χ4n) is 1.22. The third-order valence-electron chi connectivity index (χ3n) is 1.79. The number of hydrogen-bond donors (Lipinski definition) is 2. The van der Waals surface area contributed by atoms with Crippen LogP contribution in [0.25, 0.3) is 0 Å². The van der Waals surface area contributed by atoms with E-state index in [1.807, 2.05) is 13.8 Å². The molecule has 4 heteroatoms. The van der Waals surface area contributed by atoms with E-state index in [9.17, 15) is 9.59 Å². The highest BCUT2D eigenvalue weighted by atomic mass is 16.1. The van der Waals surface area contributed by atoms with Gasteiger partial charge in [0.05, 0.1) is 0 Å². The Bertz CT molecular complexity index is 360. The number of nitrogens with one attached hydrogen (secondary N) is 2. The molecule has 0 aromatic carbocycles. The molecule has 1 aromatic rings. The number of aromatic amines is 2. The third-order valence-corrected chi connectivity index (χ3v) is 1.79. The molecule has 4 nitrogen and oxygen atoms in total. The Balaban J connectivity index is 2.89. The van der Waals surface area contributed by atoms with Crippen molar-refractivity contribution in [1.82, 2.24) is 9.97 Å². The molecule has 2 N–H and O–H groups in total. The molecule has 0 amide bonds. The van der Waals surface area contributed by atoms with Gasteiger partial charge in [-0.1, -0.05) is 13.8 Å². The van der Waals surface area contributed by atoms with Crippen LogP contribution < -0.4 is 5.69 Å². The average molecular weight is 182 g/mol. The number of imidazole rings is 1. The van der Waals surface area contributed by atoms with E-state index < -0.39 is 0 Å². The average Bonchev–Trinajstić information content (AvgIpc) is 2.28. The van der Waals surface area contributed by atoms with Crippen LogP contribution in [0.5, 0.6) is 0 Å². The van der Waals surface area contributed by atoms with Crippen molar-refractivity contribution in [2.45, 2.75) is 27.2 Å². The lowest BCUT2D eigenvalue weighted by Gasteiger charge is -2.01. The van der Waals surface area contributed by atoms with Gasteiger partial charge in [-0.15, -0.1) is 0 Å². The summed E-state index contributed by atoms with van der Waals surface area (Å²) < 4.78 is 0. The Morgan fingerprint density at radius 3 is 2.38 bits per heavy atom. The molecule has 1 aromatic heterocycles. The molecular formula is C9H14N2O2. The maximum atomic E-state index is 11.5. The van der Waals surface area contributed by atoms with E-state index in [2.05, 4.69) is 9.97 Å². The molecule has 0 saturated heterocycles. The zero-order valence-corrected chi connectivity index (χ0v) is 8.10. The molecule has 0 aliphatic rings. The summed E-state index contributed by atoms with van der Waals surface area (Å²) in [5.41, 5.74) is 0.721. The van der Waals surface area contributed by atoms with Crippen LogP contribution in [-0.2, 0) is 0 Å². The van der Waals surface area contributed by atoms with E-state index >= 15 is 0 Å². The second-order valence-electron chi connectivity index (χ2n) is 3.60. The van der Waals surface area contributed by atoms with Gasteiger partial charge >= 0.3 is 5.69 Å². The molecule has 0 aliphatic carbocycles. The first-order valence-electron chi connectivity index (χ1n) is 4.32. The van der Waals surface area contributed by atoms with Gasteiger partial charge in [-0.3, -0.25) is 4.79 Å². The molecule has 0 unspecified atom stereocenters. The molecule has 72 valence electrons. The molecule has 0 aliphatic heterocycles. The molecule has 0 atom stereocenters. The van der Waals surface area contributed by atoms with Crippen molar-refractivity contribution in [1.29, 1.82) is 0 Å². The Labute approximate surface area is 76.4 Å². The predicted molar refractivity (Wildman–Crippen MR) is 49.9 cm³/mol. The van der Waals surface area contributed by atoms with E-state index in [-0.39, 0.29) is 11.5 Å². The van der Waals surface area contributed by atoms with E-state index in [1.54, 1.807) is 6.92 Å². The zero-order valence-electron chi connectivity index (χ0n) is 8.10. The molecule has 0 bridgehead atoms. The number of carbonyl (C=O) groups excluding carboxylic acids is 1. The number of aryl methyl sites for hydroxylation is 1. The van der Waals surface area contributed by atoms with E-state index in [0.29, 0.717) is 23.7 Å². The highest BCUT2D eigenvalue weighted by Gasteiger charge is 2.13. The summed E-state index contributed by atoms with van der Waals surface area (Å²) in [6.07, 6.45) is 0.467. The van der Waals surface area contributed by atoms with Gasteiger partial charge in [-0.25, -0.2) is 4.79 Å². The zero-order chi connectivity index (χ0) is 10.0. The molecule has 1 rings (SSSR count). The summed E-state index contributed by atoms with van der Waals surface area (Å²) in [6.45, 7) is 5.65. The summed E-state index contributed by atoms with van der Waals surface area (Å²) in [5.74, 6) is 0.302. The van der Waals surface area contributed by atoms with Crippen molar-refractivity contribution in [3.05, 3.63) is 21.9 Å². The Hall–Kier alpha value is -1.32. The number of Topliss-reactive ketones (excluding diaryl/α,β-unsaturated/α-hetero) is 1. The molecule has 13 heavy (non-hydrogen) atoms. The van der Waals surface area contributed by atoms with Crippen molar-refractivity contribution >= 4 is 5.78 Å². The Morgan fingerprint density at radius 1 is 1.38 bits per heavy atom. The van der Waals surface area contributed by atoms with Crippen LogP contribution >= 0.6 is 0 Å². The van der Waals surface area contributed by atoms with E-state index in [0.717, 1.165) is 0 Å². The maximum absolute atomic E-state index is 11.5. The van der Waals surface area contributed by atoms with Crippen LogP contribution in [0.3, 0.4) is 0 Å². The van der Waals surface area contributed by atoms with Gasteiger partial charge in [-0.2, -0.15) is 0 Å². The second kappa shape index (κ2) is 3.60. The Morgan fingerprint density at radius 2 is 2.00 bits per heavy atom. The maximum Gasteiger partial charge on any atom is 0.323 e. The number of H-pyrrole nitrogens is 2. The summed E-state index contributed by atoms with van der Waals surface area (Å²) in [5, 5.41) is 0. The van der Waals surface area contributed by atoms with E-state index in [1.165, 1.54) is 0 Å². The fourth-order valence-corrected chi connectivity index (χ4v) is 1.22. The van der Waals surface area contributed by atoms with Gasteiger partial charge < -0.3 is 9.97 Å². The number of ketones is 1. The minimum Gasteiger partial charge on any atom is -0.310 e. The van der Waals surface area contributed by atoms with Gasteiger partial charge in [0, 0.05) is 12.1 Å². The van der Waals surface area contributed by atoms with Crippen LogP contribution in [-0.4, -0.2) is 15.8 Å². The largest absolute Gasteiger partial charge is 0.323 e. The fraction of sp³-hybridized carbons (Fsp3) is 0.556. The third kappa shape index (κ3) is 2.31. The summed E-state index contributed by atoms with van der Waals surface area (Å²) >= 11 is 0.